The summed E-state index contributed by atoms with van der Waals surface area (Å²) in [7, 11) is 0. The van der Waals surface area contributed by atoms with E-state index < -0.39 is 0 Å². The Bertz CT molecular complexity index is 314. The Morgan fingerprint density at radius 1 is 1.38 bits per heavy atom. The van der Waals surface area contributed by atoms with E-state index in [1.807, 2.05) is 0 Å². The van der Waals surface area contributed by atoms with Crippen LogP contribution in [0, 0.1) is 0 Å². The van der Waals surface area contributed by atoms with Gasteiger partial charge in [0.25, 0.3) is 0 Å². The molecule has 0 amide bonds. The first kappa shape index (κ1) is 15.8. The van der Waals surface area contributed by atoms with E-state index in [0.717, 1.165) is 24.6 Å². The highest BCUT2D eigenvalue weighted by Crippen LogP contribution is 2.26. The minimum absolute atomic E-state index is 0. The monoisotopic (exact) mass is 266 g/mol. The number of nitrogens with one attached hydrogen (secondary N) is 1. The zero-order chi connectivity index (χ0) is 10.2. The lowest BCUT2D eigenvalue weighted by atomic mass is 9.93. The van der Waals surface area contributed by atoms with Gasteiger partial charge < -0.3 is 9.73 Å². The molecule has 94 valence electrons. The van der Waals surface area contributed by atoms with Gasteiger partial charge in [0, 0.05) is 5.41 Å². The Labute approximate surface area is 109 Å². The quantitative estimate of drug-likeness (QED) is 0.848. The van der Waals surface area contributed by atoms with Crippen molar-refractivity contribution in [1.82, 2.24) is 10.3 Å². The minimum Gasteiger partial charge on any atom is -0.447 e. The van der Waals surface area contributed by atoms with Gasteiger partial charge in [0.05, 0.1) is 11.7 Å². The van der Waals surface area contributed by atoms with Crippen LogP contribution in [-0.4, -0.2) is 11.5 Å². The molecule has 0 unspecified atom stereocenters. The molecule has 1 fully saturated rings. The zero-order valence-electron chi connectivity index (χ0n) is 9.95. The van der Waals surface area contributed by atoms with Crippen molar-refractivity contribution in [2.45, 2.75) is 45.1 Å². The van der Waals surface area contributed by atoms with Crippen LogP contribution in [0.5, 0.6) is 0 Å². The molecule has 2 heterocycles. The van der Waals surface area contributed by atoms with Gasteiger partial charge in [-0.3, -0.25) is 0 Å². The number of hydrogen-bond acceptors (Lipinski definition) is 3. The van der Waals surface area contributed by atoms with E-state index in [4.69, 9.17) is 4.42 Å². The summed E-state index contributed by atoms with van der Waals surface area (Å²) in [5.74, 6) is 0.854. The number of halogens is 2. The highest BCUT2D eigenvalue weighted by Gasteiger charge is 2.24. The van der Waals surface area contributed by atoms with Gasteiger partial charge in [-0.15, -0.1) is 24.8 Å². The molecular formula is C11H20Cl2N2O. The summed E-state index contributed by atoms with van der Waals surface area (Å²) in [6.07, 6.45) is 4.15. The maximum atomic E-state index is 5.50. The summed E-state index contributed by atoms with van der Waals surface area (Å²) in [5.41, 5.74) is 1.13. The number of nitrogens with zero attached hydrogens (tertiary/aromatic N) is 1. The molecule has 1 aromatic rings. The zero-order valence-corrected chi connectivity index (χ0v) is 11.6. The summed E-state index contributed by atoms with van der Waals surface area (Å²) >= 11 is 0. The van der Waals surface area contributed by atoms with Crippen molar-refractivity contribution < 1.29 is 4.42 Å². The molecule has 2 rings (SSSR count). The first-order chi connectivity index (χ1) is 6.57. The summed E-state index contributed by atoms with van der Waals surface area (Å²) in [6, 6.07) is 0.339. The topological polar surface area (TPSA) is 38.1 Å². The van der Waals surface area contributed by atoms with Crippen molar-refractivity contribution in [3.63, 3.8) is 0 Å². The Morgan fingerprint density at radius 2 is 2.06 bits per heavy atom. The number of aromatic nitrogens is 1. The fourth-order valence-electron chi connectivity index (χ4n) is 1.69. The van der Waals surface area contributed by atoms with Gasteiger partial charge in [0.1, 0.15) is 6.26 Å². The Balaban J connectivity index is 0.00000112. The number of rotatable bonds is 1. The van der Waals surface area contributed by atoms with E-state index >= 15 is 0 Å². The fourth-order valence-corrected chi connectivity index (χ4v) is 1.69. The molecule has 0 spiro atoms. The molecule has 0 aromatic carbocycles. The fraction of sp³-hybridized carbons (Fsp3) is 0.727. The van der Waals surface area contributed by atoms with Crippen LogP contribution in [0.4, 0.5) is 0 Å². The standard InChI is InChI=1S/C11H18N2O.2ClH/c1-11(2,3)9-7-14-10(13-9)8-5-4-6-12-8;;/h7-8,12H,4-6H2,1-3H3;2*1H/t8-;;/m1../s1. The van der Waals surface area contributed by atoms with Crippen LogP contribution in [0.1, 0.15) is 51.2 Å². The van der Waals surface area contributed by atoms with Crippen molar-refractivity contribution >= 4 is 24.8 Å². The largest absolute Gasteiger partial charge is 0.447 e. The Kier molecular flexibility index (Phi) is 5.80. The molecule has 1 aromatic heterocycles. The van der Waals surface area contributed by atoms with Crippen molar-refractivity contribution in [3.05, 3.63) is 17.8 Å². The van der Waals surface area contributed by atoms with Gasteiger partial charge >= 0.3 is 0 Å². The number of hydrogen-bond donors (Lipinski definition) is 1. The maximum absolute atomic E-state index is 5.50. The second-order valence-corrected chi connectivity index (χ2v) is 4.97. The van der Waals surface area contributed by atoms with E-state index in [9.17, 15) is 0 Å². The Morgan fingerprint density at radius 3 is 2.50 bits per heavy atom. The predicted octanol–water partition coefficient (Wildman–Crippen LogP) is 3.24. The van der Waals surface area contributed by atoms with Crippen LogP contribution in [0.2, 0.25) is 0 Å². The van der Waals surface area contributed by atoms with E-state index in [2.05, 4.69) is 31.1 Å². The average molecular weight is 267 g/mol. The molecule has 16 heavy (non-hydrogen) atoms. The lowest BCUT2D eigenvalue weighted by molar-refractivity contribution is 0.429. The molecule has 0 radical (unpaired) electrons. The molecular weight excluding hydrogens is 247 g/mol. The Hall–Kier alpha value is -0.250. The third kappa shape index (κ3) is 3.37. The first-order valence-electron chi connectivity index (χ1n) is 5.26. The van der Waals surface area contributed by atoms with Crippen molar-refractivity contribution in [2.24, 2.45) is 0 Å². The van der Waals surface area contributed by atoms with Crippen LogP contribution >= 0.6 is 24.8 Å². The van der Waals surface area contributed by atoms with Gasteiger partial charge in [0.15, 0.2) is 0 Å². The molecule has 0 aliphatic carbocycles. The molecule has 5 heteroatoms. The first-order valence-corrected chi connectivity index (χ1v) is 5.26. The molecule has 0 saturated carbocycles. The third-order valence-electron chi connectivity index (χ3n) is 2.65. The maximum Gasteiger partial charge on any atom is 0.211 e. The molecule has 1 aliphatic heterocycles. The van der Waals surface area contributed by atoms with Gasteiger partial charge in [-0.25, -0.2) is 4.98 Å². The normalized spacial score (nSPS) is 20.1. The van der Waals surface area contributed by atoms with Crippen LogP contribution in [0.3, 0.4) is 0 Å². The van der Waals surface area contributed by atoms with E-state index in [1.54, 1.807) is 6.26 Å². The SMILES string of the molecule is CC(C)(C)c1coc([C@H]2CCCN2)n1.Cl.Cl. The molecule has 1 N–H and O–H groups in total. The van der Waals surface area contributed by atoms with Crippen LogP contribution in [-0.2, 0) is 5.41 Å². The molecule has 0 bridgehead atoms. The summed E-state index contributed by atoms with van der Waals surface area (Å²) in [6.45, 7) is 7.53. The highest BCUT2D eigenvalue weighted by molar-refractivity contribution is 5.85. The van der Waals surface area contributed by atoms with Crippen LogP contribution < -0.4 is 5.32 Å². The molecule has 1 saturated heterocycles. The summed E-state index contributed by atoms with van der Waals surface area (Å²) in [5, 5.41) is 3.38. The second kappa shape index (κ2) is 5.89. The van der Waals surface area contributed by atoms with Gasteiger partial charge in [-0.05, 0) is 19.4 Å². The summed E-state index contributed by atoms with van der Waals surface area (Å²) < 4.78 is 5.50. The lowest BCUT2D eigenvalue weighted by Crippen LogP contribution is -2.15. The van der Waals surface area contributed by atoms with Gasteiger partial charge in [0.2, 0.25) is 5.89 Å². The highest BCUT2D eigenvalue weighted by atomic mass is 35.5. The van der Waals surface area contributed by atoms with Gasteiger partial charge in [-0.2, -0.15) is 0 Å². The number of oxazole rings is 1. The molecule has 3 nitrogen and oxygen atoms in total. The van der Waals surface area contributed by atoms with E-state index in [-0.39, 0.29) is 30.2 Å². The van der Waals surface area contributed by atoms with E-state index in [0.29, 0.717) is 6.04 Å². The molecule has 1 atom stereocenters. The second-order valence-electron chi connectivity index (χ2n) is 4.97. The van der Waals surface area contributed by atoms with Gasteiger partial charge in [-0.1, -0.05) is 20.8 Å². The van der Waals surface area contributed by atoms with Crippen molar-refractivity contribution in [2.75, 3.05) is 6.54 Å². The van der Waals surface area contributed by atoms with Crippen molar-refractivity contribution in [3.8, 4) is 0 Å². The van der Waals surface area contributed by atoms with E-state index in [1.165, 1.54) is 6.42 Å². The van der Waals surface area contributed by atoms with Crippen LogP contribution in [0.25, 0.3) is 0 Å². The van der Waals surface area contributed by atoms with Crippen molar-refractivity contribution in [1.29, 1.82) is 0 Å². The minimum atomic E-state index is 0. The average Bonchev–Trinajstić information content (AvgIpc) is 2.73. The third-order valence-corrected chi connectivity index (χ3v) is 2.65. The smallest absolute Gasteiger partial charge is 0.211 e. The van der Waals surface area contributed by atoms with Crippen LogP contribution in [0.15, 0.2) is 10.7 Å². The summed E-state index contributed by atoms with van der Waals surface area (Å²) in [4.78, 5) is 4.53. The lowest BCUT2D eigenvalue weighted by Gasteiger charge is -2.13. The molecule has 1 aliphatic rings. The predicted molar refractivity (Wildman–Crippen MR) is 69.7 cm³/mol.